The molecule has 0 bridgehead atoms. The van der Waals surface area contributed by atoms with Gasteiger partial charge in [-0.1, -0.05) is 6.92 Å². The lowest BCUT2D eigenvalue weighted by Gasteiger charge is -2.13. The quantitative estimate of drug-likeness (QED) is 0.782. The Balaban J connectivity index is 2.82. The van der Waals surface area contributed by atoms with E-state index in [0.29, 0.717) is 12.6 Å². The maximum Gasteiger partial charge on any atom is 0.0895 e. The minimum atomic E-state index is 0.453. The van der Waals surface area contributed by atoms with E-state index in [9.17, 15) is 0 Å². The molecule has 14 heavy (non-hydrogen) atoms. The van der Waals surface area contributed by atoms with Gasteiger partial charge >= 0.3 is 0 Å². The maximum absolute atomic E-state index is 5.43. The van der Waals surface area contributed by atoms with Crippen molar-refractivity contribution in [3.63, 3.8) is 0 Å². The summed E-state index contributed by atoms with van der Waals surface area (Å²) in [6.45, 7) is 7.78. The molecule has 0 aromatic carbocycles. The Labute approximate surface area is 99.0 Å². The molecular weight excluding hydrogens is 291 g/mol. The highest BCUT2D eigenvalue weighted by molar-refractivity contribution is 14.1. The largest absolute Gasteiger partial charge is 0.375 e. The van der Waals surface area contributed by atoms with Gasteiger partial charge in [-0.15, -0.1) is 0 Å². The van der Waals surface area contributed by atoms with Crippen LogP contribution < -0.4 is 0 Å². The van der Waals surface area contributed by atoms with Gasteiger partial charge in [-0.25, -0.2) is 0 Å². The van der Waals surface area contributed by atoms with Gasteiger partial charge in [-0.05, 0) is 42.9 Å². The first kappa shape index (κ1) is 12.0. The molecule has 0 aliphatic heterocycles. The SMILES string of the molecule is CCOCc1c(I)cnn1[C@H](C)CC. The van der Waals surface area contributed by atoms with Crippen molar-refractivity contribution < 1.29 is 4.74 Å². The van der Waals surface area contributed by atoms with Gasteiger partial charge < -0.3 is 4.74 Å². The Hall–Kier alpha value is -0.100. The van der Waals surface area contributed by atoms with E-state index in [1.165, 1.54) is 9.26 Å². The second-order valence-electron chi connectivity index (χ2n) is 3.28. The van der Waals surface area contributed by atoms with E-state index < -0.39 is 0 Å². The number of ether oxygens (including phenoxy) is 1. The zero-order valence-electron chi connectivity index (χ0n) is 8.96. The van der Waals surface area contributed by atoms with Crippen LogP contribution in [0.25, 0.3) is 0 Å². The summed E-state index contributed by atoms with van der Waals surface area (Å²) in [7, 11) is 0. The van der Waals surface area contributed by atoms with Crippen molar-refractivity contribution in [2.75, 3.05) is 6.61 Å². The molecule has 0 saturated carbocycles. The average molecular weight is 308 g/mol. The first-order valence-corrected chi connectivity index (χ1v) is 6.08. The number of halogens is 1. The lowest BCUT2D eigenvalue weighted by atomic mass is 10.2. The summed E-state index contributed by atoms with van der Waals surface area (Å²) < 4.78 is 8.69. The van der Waals surface area contributed by atoms with Crippen LogP contribution >= 0.6 is 22.6 Å². The van der Waals surface area contributed by atoms with Crippen LogP contribution in [-0.2, 0) is 11.3 Å². The Morgan fingerprint density at radius 1 is 1.57 bits per heavy atom. The Bertz CT molecular complexity index is 286. The summed E-state index contributed by atoms with van der Waals surface area (Å²) in [6.07, 6.45) is 3.00. The third-order valence-electron chi connectivity index (χ3n) is 2.30. The first-order chi connectivity index (χ1) is 6.70. The monoisotopic (exact) mass is 308 g/mol. The third kappa shape index (κ3) is 2.70. The molecule has 0 amide bonds. The van der Waals surface area contributed by atoms with Crippen molar-refractivity contribution in [2.24, 2.45) is 0 Å². The summed E-state index contributed by atoms with van der Waals surface area (Å²) in [5.74, 6) is 0. The molecule has 3 nitrogen and oxygen atoms in total. The van der Waals surface area contributed by atoms with E-state index in [4.69, 9.17) is 4.74 Å². The highest BCUT2D eigenvalue weighted by Gasteiger charge is 2.12. The second-order valence-corrected chi connectivity index (χ2v) is 4.44. The van der Waals surface area contributed by atoms with Crippen molar-refractivity contribution in [1.29, 1.82) is 0 Å². The van der Waals surface area contributed by atoms with Crippen molar-refractivity contribution in [2.45, 2.75) is 39.8 Å². The summed E-state index contributed by atoms with van der Waals surface area (Å²) in [4.78, 5) is 0. The Morgan fingerprint density at radius 2 is 2.29 bits per heavy atom. The zero-order chi connectivity index (χ0) is 10.6. The number of rotatable bonds is 5. The van der Waals surface area contributed by atoms with Gasteiger partial charge in [-0.2, -0.15) is 5.10 Å². The predicted octanol–water partition coefficient (Wildman–Crippen LogP) is 3.00. The van der Waals surface area contributed by atoms with Gasteiger partial charge in [0.1, 0.15) is 0 Å². The molecule has 0 aliphatic rings. The lowest BCUT2D eigenvalue weighted by Crippen LogP contribution is -2.11. The fraction of sp³-hybridized carbons (Fsp3) is 0.700. The van der Waals surface area contributed by atoms with Crippen LogP contribution in [0.3, 0.4) is 0 Å². The minimum absolute atomic E-state index is 0.453. The van der Waals surface area contributed by atoms with Crippen LogP contribution in [0.1, 0.15) is 38.9 Å². The molecule has 0 N–H and O–H groups in total. The number of aromatic nitrogens is 2. The van der Waals surface area contributed by atoms with E-state index in [1.807, 2.05) is 13.1 Å². The molecule has 1 heterocycles. The molecule has 1 aromatic rings. The van der Waals surface area contributed by atoms with Crippen molar-refractivity contribution in [3.05, 3.63) is 15.5 Å². The third-order valence-corrected chi connectivity index (χ3v) is 3.20. The minimum Gasteiger partial charge on any atom is -0.375 e. The van der Waals surface area contributed by atoms with Crippen molar-refractivity contribution >= 4 is 22.6 Å². The Morgan fingerprint density at radius 3 is 2.86 bits per heavy atom. The maximum atomic E-state index is 5.43. The molecule has 0 fully saturated rings. The van der Waals surface area contributed by atoms with Gasteiger partial charge in [0.25, 0.3) is 0 Å². The van der Waals surface area contributed by atoms with Crippen LogP contribution in [0.2, 0.25) is 0 Å². The topological polar surface area (TPSA) is 27.1 Å². The summed E-state index contributed by atoms with van der Waals surface area (Å²) >= 11 is 2.31. The summed E-state index contributed by atoms with van der Waals surface area (Å²) in [5.41, 5.74) is 1.20. The van der Waals surface area contributed by atoms with Crippen LogP contribution in [0, 0.1) is 3.57 Å². The predicted molar refractivity (Wildman–Crippen MR) is 65.3 cm³/mol. The second kappa shape index (κ2) is 5.70. The molecule has 0 aliphatic carbocycles. The summed E-state index contributed by atoms with van der Waals surface area (Å²) in [6, 6.07) is 0.453. The smallest absolute Gasteiger partial charge is 0.0895 e. The average Bonchev–Trinajstić information content (AvgIpc) is 2.56. The van der Waals surface area contributed by atoms with E-state index in [0.717, 1.165) is 13.0 Å². The van der Waals surface area contributed by atoms with E-state index in [2.05, 4.69) is 46.2 Å². The molecule has 80 valence electrons. The van der Waals surface area contributed by atoms with Crippen molar-refractivity contribution in [3.8, 4) is 0 Å². The van der Waals surface area contributed by atoms with Gasteiger partial charge in [0, 0.05) is 12.6 Å². The fourth-order valence-electron chi connectivity index (χ4n) is 1.25. The number of hydrogen-bond donors (Lipinski definition) is 0. The molecule has 4 heteroatoms. The molecule has 0 saturated heterocycles. The van der Waals surface area contributed by atoms with Crippen LogP contribution in [0.15, 0.2) is 6.20 Å². The lowest BCUT2D eigenvalue weighted by molar-refractivity contribution is 0.125. The molecule has 0 unspecified atom stereocenters. The Kier molecular flexibility index (Phi) is 4.88. The molecule has 1 atom stereocenters. The van der Waals surface area contributed by atoms with E-state index in [-0.39, 0.29) is 0 Å². The molecular formula is C10H17IN2O. The molecule has 0 spiro atoms. The van der Waals surface area contributed by atoms with Gasteiger partial charge in [0.05, 0.1) is 22.1 Å². The van der Waals surface area contributed by atoms with Crippen LogP contribution in [-0.4, -0.2) is 16.4 Å². The first-order valence-electron chi connectivity index (χ1n) is 5.00. The normalized spacial score (nSPS) is 13.1. The number of hydrogen-bond acceptors (Lipinski definition) is 2. The van der Waals surface area contributed by atoms with Crippen LogP contribution in [0.5, 0.6) is 0 Å². The van der Waals surface area contributed by atoms with Crippen LogP contribution in [0.4, 0.5) is 0 Å². The summed E-state index contributed by atoms with van der Waals surface area (Å²) in [5, 5.41) is 4.37. The van der Waals surface area contributed by atoms with Gasteiger partial charge in [0.15, 0.2) is 0 Å². The van der Waals surface area contributed by atoms with Gasteiger partial charge in [-0.3, -0.25) is 4.68 Å². The number of nitrogens with zero attached hydrogens (tertiary/aromatic N) is 2. The van der Waals surface area contributed by atoms with E-state index >= 15 is 0 Å². The molecule has 1 aromatic heterocycles. The van der Waals surface area contributed by atoms with Gasteiger partial charge in [0.2, 0.25) is 0 Å². The highest BCUT2D eigenvalue weighted by atomic mass is 127. The highest BCUT2D eigenvalue weighted by Crippen LogP contribution is 2.18. The standard InChI is InChI=1S/C10H17IN2O/c1-4-8(3)13-10(7-14-5-2)9(11)6-12-13/h6,8H,4-5,7H2,1-3H3/t8-/m1/s1. The fourth-order valence-corrected chi connectivity index (χ4v) is 1.78. The van der Waals surface area contributed by atoms with Crippen molar-refractivity contribution in [1.82, 2.24) is 9.78 Å². The molecule has 0 radical (unpaired) electrons. The van der Waals surface area contributed by atoms with E-state index in [1.54, 1.807) is 0 Å². The zero-order valence-corrected chi connectivity index (χ0v) is 11.1. The molecule has 1 rings (SSSR count).